The van der Waals surface area contributed by atoms with Crippen molar-refractivity contribution in [2.75, 3.05) is 6.16 Å². The molecule has 2 heterocycles. The summed E-state index contributed by atoms with van der Waals surface area (Å²) in [6.45, 7) is 0. The lowest BCUT2D eigenvalue weighted by molar-refractivity contribution is 1.32. The summed E-state index contributed by atoms with van der Waals surface area (Å²) < 4.78 is 0. The highest BCUT2D eigenvalue weighted by Crippen LogP contribution is 2.41. The molecule has 1 atom stereocenters. The van der Waals surface area contributed by atoms with Gasteiger partial charge in [-0.1, -0.05) is 48.3 Å². The van der Waals surface area contributed by atoms with Gasteiger partial charge in [-0.25, -0.2) is 0 Å². The van der Waals surface area contributed by atoms with Gasteiger partial charge in [-0.05, 0) is 42.7 Å². The lowest BCUT2D eigenvalue weighted by atomic mass is 10.1. The third-order valence-corrected chi connectivity index (χ3v) is 5.09. The van der Waals surface area contributed by atoms with E-state index in [9.17, 15) is 0 Å². The molecule has 0 amide bonds. The minimum absolute atomic E-state index is 0.156. The monoisotopic (exact) mass is 251 g/mol. The molecule has 1 aliphatic heterocycles. The maximum Gasteiger partial charge on any atom is 0.0273 e. The van der Waals surface area contributed by atoms with Gasteiger partial charge in [-0.15, -0.1) is 0 Å². The first-order valence-corrected chi connectivity index (χ1v) is 7.63. The Bertz CT molecular complexity index is 573. The molecule has 0 saturated heterocycles. The molecule has 2 heteroatoms. The SMILES string of the molecule is C1=CP(c2ccccc2)CC=C1c1ccncc1. The van der Waals surface area contributed by atoms with Crippen molar-refractivity contribution in [3.63, 3.8) is 0 Å². The van der Waals surface area contributed by atoms with Crippen LogP contribution in [0.5, 0.6) is 0 Å². The van der Waals surface area contributed by atoms with Crippen molar-refractivity contribution in [3.8, 4) is 0 Å². The Balaban J connectivity index is 1.79. The lowest BCUT2D eigenvalue weighted by Gasteiger charge is -2.17. The molecule has 88 valence electrons. The Morgan fingerprint density at radius 3 is 2.39 bits per heavy atom. The number of hydrogen-bond acceptors (Lipinski definition) is 1. The molecule has 1 aliphatic rings. The number of pyridine rings is 1. The van der Waals surface area contributed by atoms with Crippen LogP contribution in [0.4, 0.5) is 0 Å². The van der Waals surface area contributed by atoms with Gasteiger partial charge in [0.25, 0.3) is 0 Å². The lowest BCUT2D eigenvalue weighted by Crippen LogP contribution is -2.02. The highest BCUT2D eigenvalue weighted by molar-refractivity contribution is 7.68. The van der Waals surface area contributed by atoms with Gasteiger partial charge in [0.1, 0.15) is 0 Å². The molecule has 18 heavy (non-hydrogen) atoms. The normalized spacial score (nSPS) is 18.4. The van der Waals surface area contributed by atoms with Crippen LogP contribution in [-0.2, 0) is 0 Å². The van der Waals surface area contributed by atoms with Gasteiger partial charge in [0.05, 0.1) is 0 Å². The molecule has 0 fully saturated rings. The summed E-state index contributed by atoms with van der Waals surface area (Å²) in [6, 6.07) is 14.9. The number of hydrogen-bond donors (Lipinski definition) is 0. The molecule has 1 unspecified atom stereocenters. The van der Waals surface area contributed by atoms with Crippen LogP contribution in [0.2, 0.25) is 0 Å². The van der Waals surface area contributed by atoms with Crippen molar-refractivity contribution in [2.45, 2.75) is 0 Å². The predicted octanol–water partition coefficient (Wildman–Crippen LogP) is 3.80. The highest BCUT2D eigenvalue weighted by atomic mass is 31.1. The summed E-state index contributed by atoms with van der Waals surface area (Å²) >= 11 is 0. The average molecular weight is 251 g/mol. The zero-order valence-electron chi connectivity index (χ0n) is 10.0. The van der Waals surface area contributed by atoms with E-state index in [1.165, 1.54) is 16.4 Å². The number of allylic oxidation sites excluding steroid dienone is 3. The number of rotatable bonds is 2. The van der Waals surface area contributed by atoms with Crippen molar-refractivity contribution in [1.82, 2.24) is 4.98 Å². The fourth-order valence-corrected chi connectivity index (χ4v) is 3.86. The fourth-order valence-electron chi connectivity index (χ4n) is 2.07. The average Bonchev–Trinajstić information content (AvgIpc) is 2.49. The predicted molar refractivity (Wildman–Crippen MR) is 79.2 cm³/mol. The quantitative estimate of drug-likeness (QED) is 0.740. The van der Waals surface area contributed by atoms with E-state index in [1.54, 1.807) is 0 Å². The van der Waals surface area contributed by atoms with Gasteiger partial charge >= 0.3 is 0 Å². The second-order valence-corrected chi connectivity index (χ2v) is 6.32. The number of benzene rings is 1. The highest BCUT2D eigenvalue weighted by Gasteiger charge is 2.10. The van der Waals surface area contributed by atoms with Crippen molar-refractivity contribution >= 4 is 18.8 Å². The molecular formula is C16H14NP. The van der Waals surface area contributed by atoms with Gasteiger partial charge in [0.15, 0.2) is 0 Å². The van der Waals surface area contributed by atoms with Crippen LogP contribution in [0.25, 0.3) is 5.57 Å². The van der Waals surface area contributed by atoms with Crippen LogP contribution in [0.1, 0.15) is 5.56 Å². The summed E-state index contributed by atoms with van der Waals surface area (Å²) in [4.78, 5) is 4.06. The Labute approximate surface area is 109 Å². The van der Waals surface area contributed by atoms with E-state index in [0.29, 0.717) is 0 Å². The van der Waals surface area contributed by atoms with Gasteiger partial charge in [0, 0.05) is 12.4 Å². The molecule has 1 nitrogen and oxygen atoms in total. The Morgan fingerprint density at radius 1 is 0.944 bits per heavy atom. The molecule has 0 bridgehead atoms. The minimum Gasteiger partial charge on any atom is -0.265 e. The minimum atomic E-state index is -0.156. The second-order valence-electron chi connectivity index (χ2n) is 4.20. The Kier molecular flexibility index (Phi) is 3.34. The van der Waals surface area contributed by atoms with Gasteiger partial charge in [0.2, 0.25) is 0 Å². The van der Waals surface area contributed by atoms with E-state index in [0.717, 1.165) is 6.16 Å². The molecule has 1 aromatic carbocycles. The summed E-state index contributed by atoms with van der Waals surface area (Å²) in [7, 11) is -0.156. The van der Waals surface area contributed by atoms with Crippen LogP contribution < -0.4 is 5.30 Å². The topological polar surface area (TPSA) is 12.9 Å². The first-order valence-electron chi connectivity index (χ1n) is 6.04. The van der Waals surface area contributed by atoms with Crippen molar-refractivity contribution in [1.29, 1.82) is 0 Å². The standard InChI is InChI=1S/C16H14NP/c1-2-4-16(5-3-1)18-12-8-15(9-13-18)14-6-10-17-11-7-14/h1-12H,13H2. The number of nitrogens with zero attached hydrogens (tertiary/aromatic N) is 1. The van der Waals surface area contributed by atoms with E-state index >= 15 is 0 Å². The maximum absolute atomic E-state index is 4.06. The van der Waals surface area contributed by atoms with Crippen LogP contribution in [0, 0.1) is 0 Å². The molecule has 0 radical (unpaired) electrons. The van der Waals surface area contributed by atoms with Gasteiger partial charge < -0.3 is 0 Å². The zero-order chi connectivity index (χ0) is 12.2. The first-order chi connectivity index (χ1) is 8.93. The summed E-state index contributed by atoms with van der Waals surface area (Å²) in [5.41, 5.74) is 2.57. The molecule has 0 saturated carbocycles. The largest absolute Gasteiger partial charge is 0.265 e. The van der Waals surface area contributed by atoms with E-state index in [2.05, 4.69) is 65.4 Å². The molecule has 0 N–H and O–H groups in total. The van der Waals surface area contributed by atoms with E-state index in [-0.39, 0.29) is 7.92 Å². The Hall–Kier alpha value is -1.72. The van der Waals surface area contributed by atoms with Crippen LogP contribution in [-0.4, -0.2) is 11.1 Å². The maximum atomic E-state index is 4.06. The van der Waals surface area contributed by atoms with Crippen molar-refractivity contribution in [3.05, 3.63) is 78.4 Å². The van der Waals surface area contributed by atoms with Crippen LogP contribution >= 0.6 is 7.92 Å². The van der Waals surface area contributed by atoms with E-state index in [4.69, 9.17) is 0 Å². The summed E-state index contributed by atoms with van der Waals surface area (Å²) in [6.07, 6.45) is 9.41. The molecular weight excluding hydrogens is 237 g/mol. The zero-order valence-corrected chi connectivity index (χ0v) is 10.9. The summed E-state index contributed by atoms with van der Waals surface area (Å²) in [5, 5.41) is 1.45. The third-order valence-electron chi connectivity index (χ3n) is 3.04. The van der Waals surface area contributed by atoms with Crippen molar-refractivity contribution < 1.29 is 0 Å². The molecule has 0 spiro atoms. The summed E-state index contributed by atoms with van der Waals surface area (Å²) in [5.74, 6) is 2.36. The molecule has 1 aromatic heterocycles. The van der Waals surface area contributed by atoms with E-state index in [1.807, 2.05) is 12.4 Å². The molecule has 2 aromatic rings. The number of aromatic nitrogens is 1. The van der Waals surface area contributed by atoms with Gasteiger partial charge in [-0.3, -0.25) is 4.98 Å². The molecule has 3 rings (SSSR count). The van der Waals surface area contributed by atoms with Gasteiger partial charge in [-0.2, -0.15) is 0 Å². The first kappa shape index (κ1) is 11.4. The third kappa shape index (κ3) is 2.42. The van der Waals surface area contributed by atoms with Crippen LogP contribution in [0.3, 0.4) is 0 Å². The smallest absolute Gasteiger partial charge is 0.0273 e. The fraction of sp³-hybridized carbons (Fsp3) is 0.0625. The van der Waals surface area contributed by atoms with E-state index < -0.39 is 0 Å². The van der Waals surface area contributed by atoms with Crippen LogP contribution in [0.15, 0.2) is 72.8 Å². The van der Waals surface area contributed by atoms with Crippen molar-refractivity contribution in [2.24, 2.45) is 0 Å². The Morgan fingerprint density at radius 2 is 1.72 bits per heavy atom. The molecule has 0 aliphatic carbocycles. The second kappa shape index (κ2) is 5.29.